The number of aliphatic hydroxyl groups excluding tert-OH is 3. The summed E-state index contributed by atoms with van der Waals surface area (Å²) in [5.74, 6) is -3.00. The zero-order chi connectivity index (χ0) is 28.4. The number of fused-ring (bicyclic) bond motifs is 2. The number of esters is 2. The van der Waals surface area contributed by atoms with E-state index in [4.69, 9.17) is 9.47 Å². The average Bonchev–Trinajstić information content (AvgIpc) is 3.08. The lowest BCUT2D eigenvalue weighted by Gasteiger charge is -2.55. The minimum atomic E-state index is -1.75. The fraction of sp³-hybridized carbons (Fsp3) is 0.552. The molecule has 8 unspecified atom stereocenters. The van der Waals surface area contributed by atoms with Crippen molar-refractivity contribution in [3.63, 3.8) is 0 Å². The predicted octanol–water partition coefficient (Wildman–Crippen LogP) is 1.87. The number of ketones is 1. The van der Waals surface area contributed by atoms with Gasteiger partial charge in [-0.05, 0) is 49.6 Å². The number of carbonyl (C=O) groups excluding carboxylic acids is 3. The van der Waals surface area contributed by atoms with Gasteiger partial charge in [0.05, 0.1) is 28.8 Å². The first-order chi connectivity index (χ1) is 17.6. The van der Waals surface area contributed by atoms with Crippen LogP contribution in [0.1, 0.15) is 57.8 Å². The van der Waals surface area contributed by atoms with E-state index in [1.54, 1.807) is 25.1 Å². The van der Waals surface area contributed by atoms with Crippen LogP contribution in [0, 0.1) is 16.7 Å². The smallest absolute Gasteiger partial charge is 0.338 e. The predicted molar refractivity (Wildman–Crippen MR) is 136 cm³/mol. The number of ether oxygens (including phenoxy) is 2. The molecule has 0 saturated heterocycles. The molecule has 0 heterocycles. The molecule has 4 N–H and O–H groups in total. The molecule has 0 aliphatic heterocycles. The van der Waals surface area contributed by atoms with Gasteiger partial charge in [-0.3, -0.25) is 9.59 Å². The van der Waals surface area contributed by atoms with Crippen molar-refractivity contribution in [3.05, 3.63) is 59.2 Å². The van der Waals surface area contributed by atoms with Gasteiger partial charge in [-0.25, -0.2) is 4.79 Å². The Bertz CT molecular complexity index is 1200. The molecule has 4 rings (SSSR count). The maximum Gasteiger partial charge on any atom is 0.338 e. The van der Waals surface area contributed by atoms with E-state index in [9.17, 15) is 34.8 Å². The first-order valence-electron chi connectivity index (χ1n) is 12.7. The van der Waals surface area contributed by atoms with Crippen molar-refractivity contribution in [2.75, 3.05) is 0 Å². The molecule has 2 saturated carbocycles. The van der Waals surface area contributed by atoms with Crippen LogP contribution in [0.4, 0.5) is 0 Å². The molecule has 1 aromatic rings. The van der Waals surface area contributed by atoms with Gasteiger partial charge in [0.2, 0.25) is 0 Å². The van der Waals surface area contributed by atoms with Gasteiger partial charge < -0.3 is 29.9 Å². The number of allylic oxidation sites excluding steroid dienone is 1. The average molecular weight is 529 g/mol. The summed E-state index contributed by atoms with van der Waals surface area (Å²) in [5, 5.41) is 46.0. The maximum atomic E-state index is 13.3. The lowest BCUT2D eigenvalue weighted by atomic mass is 9.54. The summed E-state index contributed by atoms with van der Waals surface area (Å²) in [5.41, 5.74) is -4.34. The quantitative estimate of drug-likeness (QED) is 0.339. The van der Waals surface area contributed by atoms with E-state index < -0.39 is 64.8 Å². The second kappa shape index (κ2) is 9.41. The Hall–Kier alpha value is -2.85. The molecule has 2 fully saturated rings. The van der Waals surface area contributed by atoms with Gasteiger partial charge in [0, 0.05) is 31.1 Å². The summed E-state index contributed by atoms with van der Waals surface area (Å²) >= 11 is 0. The van der Waals surface area contributed by atoms with Crippen molar-refractivity contribution >= 4 is 17.7 Å². The van der Waals surface area contributed by atoms with Crippen LogP contribution in [0.3, 0.4) is 0 Å². The van der Waals surface area contributed by atoms with Crippen molar-refractivity contribution in [1.29, 1.82) is 0 Å². The Kier molecular flexibility index (Phi) is 6.98. The fourth-order valence-corrected chi connectivity index (χ4v) is 6.99. The Morgan fingerprint density at radius 1 is 1.08 bits per heavy atom. The number of aliphatic hydroxyl groups is 4. The van der Waals surface area contributed by atoms with E-state index in [-0.39, 0.29) is 40.9 Å². The molecule has 206 valence electrons. The molecule has 3 aliphatic carbocycles. The highest BCUT2D eigenvalue weighted by molar-refractivity contribution is 6.00. The summed E-state index contributed by atoms with van der Waals surface area (Å²) in [6.07, 6.45) is -7.50. The van der Waals surface area contributed by atoms with Crippen LogP contribution in [0.25, 0.3) is 0 Å². The Morgan fingerprint density at radius 2 is 1.68 bits per heavy atom. The zero-order valence-electron chi connectivity index (χ0n) is 22.3. The third kappa shape index (κ3) is 3.95. The van der Waals surface area contributed by atoms with E-state index in [2.05, 4.69) is 6.58 Å². The highest BCUT2D eigenvalue weighted by atomic mass is 16.6. The first kappa shape index (κ1) is 28.2. The van der Waals surface area contributed by atoms with Crippen molar-refractivity contribution in [2.24, 2.45) is 16.7 Å². The van der Waals surface area contributed by atoms with E-state index in [1.165, 1.54) is 39.8 Å². The molecule has 1 aromatic carbocycles. The number of benzene rings is 1. The van der Waals surface area contributed by atoms with Crippen LogP contribution in [-0.2, 0) is 19.1 Å². The van der Waals surface area contributed by atoms with Crippen molar-refractivity contribution < 1.29 is 44.3 Å². The molecule has 0 aromatic heterocycles. The number of carbonyl (C=O) groups is 3. The van der Waals surface area contributed by atoms with Gasteiger partial charge in [-0.15, -0.1) is 0 Å². The summed E-state index contributed by atoms with van der Waals surface area (Å²) in [4.78, 5) is 39.1. The molecule has 3 aliphatic rings. The van der Waals surface area contributed by atoms with Crippen molar-refractivity contribution in [1.82, 2.24) is 0 Å². The summed E-state index contributed by atoms with van der Waals surface area (Å²) in [7, 11) is 0. The molecule has 0 radical (unpaired) electrons. The monoisotopic (exact) mass is 528 g/mol. The third-order valence-corrected chi connectivity index (χ3v) is 9.02. The van der Waals surface area contributed by atoms with Gasteiger partial charge in [0.1, 0.15) is 18.3 Å². The van der Waals surface area contributed by atoms with Gasteiger partial charge in [-0.2, -0.15) is 0 Å². The second-order valence-electron chi connectivity index (χ2n) is 11.5. The van der Waals surface area contributed by atoms with Gasteiger partial charge in [0.15, 0.2) is 5.78 Å². The highest BCUT2D eigenvalue weighted by Crippen LogP contribution is 2.64. The fourth-order valence-electron chi connectivity index (χ4n) is 6.99. The van der Waals surface area contributed by atoms with Crippen molar-refractivity contribution in [3.8, 4) is 0 Å². The molecular weight excluding hydrogens is 492 g/mol. The molecule has 9 nitrogen and oxygen atoms in total. The van der Waals surface area contributed by atoms with Gasteiger partial charge >= 0.3 is 11.9 Å². The van der Waals surface area contributed by atoms with E-state index >= 15 is 0 Å². The van der Waals surface area contributed by atoms with Crippen LogP contribution >= 0.6 is 0 Å². The Labute approximate surface area is 221 Å². The molecular formula is C29H36O9. The third-order valence-electron chi connectivity index (χ3n) is 9.02. The van der Waals surface area contributed by atoms with Crippen LogP contribution in [0.2, 0.25) is 0 Å². The molecule has 38 heavy (non-hydrogen) atoms. The second-order valence-corrected chi connectivity index (χ2v) is 11.5. The minimum Gasteiger partial charge on any atom is -0.461 e. The summed E-state index contributed by atoms with van der Waals surface area (Å²) in [6, 6.07) is 8.10. The van der Waals surface area contributed by atoms with Crippen LogP contribution in [0.5, 0.6) is 0 Å². The number of hydrogen-bond donors (Lipinski definition) is 4. The standard InChI is InChI=1S/C29H36O9/c1-14-18(31)12-20(33)28(6)22(14)24(37-16(3)30)29(27(4,5)36)13-19(32)15(2)21(29)23(34)25(28)38-26(35)17-10-8-7-9-11-17/h7-11,18,20,22-25,31,33-34,36H,1,12-13H2,2-6H3. The molecule has 0 bridgehead atoms. The largest absolute Gasteiger partial charge is 0.461 e. The van der Waals surface area contributed by atoms with Gasteiger partial charge in [-0.1, -0.05) is 31.7 Å². The van der Waals surface area contributed by atoms with Gasteiger partial charge in [0.25, 0.3) is 0 Å². The molecule has 9 heteroatoms. The van der Waals surface area contributed by atoms with Crippen LogP contribution in [-0.4, -0.2) is 74.3 Å². The van der Waals surface area contributed by atoms with E-state index in [1.807, 2.05) is 0 Å². The van der Waals surface area contributed by atoms with E-state index in [0.29, 0.717) is 0 Å². The number of hydrogen-bond acceptors (Lipinski definition) is 9. The number of Topliss-reactive ketones (excluding diaryl/α,β-unsaturated/α-hetero) is 1. The zero-order valence-corrected chi connectivity index (χ0v) is 22.3. The molecule has 0 spiro atoms. The normalized spacial score (nSPS) is 37.3. The molecule has 0 amide bonds. The number of rotatable bonds is 4. The Balaban J connectivity index is 2.05. The topological polar surface area (TPSA) is 151 Å². The SMILES string of the molecule is C=C1C(O)CC(O)C2(C)C(OC(=O)c3ccccc3)C(O)C3=C(C)C(=O)CC3(C(C)(C)O)C(OC(C)=O)C12. The lowest BCUT2D eigenvalue weighted by Crippen LogP contribution is -2.63. The maximum absolute atomic E-state index is 13.3. The first-order valence-corrected chi connectivity index (χ1v) is 12.7. The van der Waals surface area contributed by atoms with E-state index in [0.717, 1.165) is 0 Å². The van der Waals surface area contributed by atoms with Crippen LogP contribution in [0.15, 0.2) is 53.6 Å². The minimum absolute atomic E-state index is 0.0808. The highest BCUT2D eigenvalue weighted by Gasteiger charge is 2.72. The van der Waals surface area contributed by atoms with Crippen LogP contribution < -0.4 is 0 Å². The van der Waals surface area contributed by atoms with Crippen molar-refractivity contribution in [2.45, 2.75) is 83.6 Å². The molecule has 8 atom stereocenters. The Morgan fingerprint density at radius 3 is 2.24 bits per heavy atom. The summed E-state index contributed by atoms with van der Waals surface area (Å²) in [6.45, 7) is 11.2. The summed E-state index contributed by atoms with van der Waals surface area (Å²) < 4.78 is 11.8. The lowest BCUT2D eigenvalue weighted by molar-refractivity contribution is -0.197.